The lowest BCUT2D eigenvalue weighted by Gasteiger charge is -2.23. The second kappa shape index (κ2) is 16.3. The fourth-order valence-electron chi connectivity index (χ4n) is 3.99. The first kappa shape index (κ1) is 31.5. The summed E-state index contributed by atoms with van der Waals surface area (Å²) in [5, 5.41) is 14.1. The molecule has 7 heteroatoms. The summed E-state index contributed by atoms with van der Waals surface area (Å²) >= 11 is 1.62. The van der Waals surface area contributed by atoms with Gasteiger partial charge in [-0.2, -0.15) is 5.26 Å². The minimum atomic E-state index is 0.604. The van der Waals surface area contributed by atoms with Gasteiger partial charge in [0.2, 0.25) is 0 Å². The summed E-state index contributed by atoms with van der Waals surface area (Å²) in [5.41, 5.74) is 4.62. The van der Waals surface area contributed by atoms with Gasteiger partial charge in [-0.15, -0.1) is 0 Å². The molecule has 0 amide bonds. The molecule has 38 heavy (non-hydrogen) atoms. The monoisotopic (exact) mass is 538 g/mol. The topological polar surface area (TPSA) is 70.4 Å². The smallest absolute Gasteiger partial charge is 0.162 e. The number of aromatic nitrogens is 1. The van der Waals surface area contributed by atoms with Gasteiger partial charge in [-0.05, 0) is 82.3 Å². The van der Waals surface area contributed by atoms with Crippen LogP contribution in [0.4, 0.5) is 5.69 Å². The van der Waals surface area contributed by atoms with Crippen molar-refractivity contribution in [1.29, 1.82) is 5.26 Å². The van der Waals surface area contributed by atoms with Crippen molar-refractivity contribution in [3.63, 3.8) is 0 Å². The Bertz CT molecular complexity index is 1110. The van der Waals surface area contributed by atoms with Crippen molar-refractivity contribution in [2.45, 2.75) is 79.0 Å². The van der Waals surface area contributed by atoms with E-state index in [1.54, 1.807) is 25.1 Å². The van der Waals surface area contributed by atoms with Gasteiger partial charge in [0.25, 0.3) is 0 Å². The molecule has 0 aliphatic rings. The molecule has 2 rings (SSSR count). The summed E-state index contributed by atoms with van der Waals surface area (Å²) in [6.45, 7) is 18.8. The van der Waals surface area contributed by atoms with Crippen LogP contribution in [0.15, 0.2) is 39.9 Å². The Morgan fingerprint density at radius 3 is 2.55 bits per heavy atom. The molecule has 1 N–H and O–H groups in total. The third-order valence-corrected chi connectivity index (χ3v) is 8.42. The number of nitriles is 1. The Morgan fingerprint density at radius 1 is 1.16 bits per heavy atom. The quantitative estimate of drug-likeness (QED) is 0.217. The molecule has 0 saturated heterocycles. The number of hydrogen-bond acceptors (Lipinski definition) is 7. The van der Waals surface area contributed by atoms with E-state index in [2.05, 4.69) is 55.9 Å². The molecule has 0 spiro atoms. The molecule has 1 heterocycles. The summed E-state index contributed by atoms with van der Waals surface area (Å²) in [4.78, 5) is 7.94. The second-order valence-corrected chi connectivity index (χ2v) is 10.9. The molecular weight excluding hydrogens is 492 g/mol. The standard InChI is InChI=1S/C31H46N4O2S/c1-9-15-35(16-14-22(4)10-2)17-18-37-28-13-12-27(19-29(28)36-8)34-31(23(5)11-3)38-30-24(6)26(20-32)21-33-25(30)7/h12-13,19,21-22,34H,9-11,14-18H2,1-8H3. The number of nitrogens with zero attached hydrogens (tertiary/aromatic N) is 3. The van der Waals surface area contributed by atoms with Crippen LogP contribution < -0.4 is 14.8 Å². The van der Waals surface area contributed by atoms with Gasteiger partial charge in [0.1, 0.15) is 12.7 Å². The number of ether oxygens (including phenoxy) is 2. The van der Waals surface area contributed by atoms with Gasteiger partial charge in [0.05, 0.1) is 23.4 Å². The van der Waals surface area contributed by atoms with Crippen molar-refractivity contribution in [2.75, 3.05) is 38.7 Å². The number of nitrogens with one attached hydrogen (secondary N) is 1. The zero-order valence-electron chi connectivity index (χ0n) is 24.6. The predicted octanol–water partition coefficient (Wildman–Crippen LogP) is 7.95. The number of aryl methyl sites for hydroxylation is 1. The summed E-state index contributed by atoms with van der Waals surface area (Å²) in [7, 11) is 1.68. The van der Waals surface area contributed by atoms with E-state index < -0.39 is 0 Å². The van der Waals surface area contributed by atoms with E-state index in [4.69, 9.17) is 9.47 Å². The number of benzene rings is 1. The van der Waals surface area contributed by atoms with E-state index in [0.717, 1.165) is 71.0 Å². The second-order valence-electron chi connectivity index (χ2n) is 9.87. The number of hydrogen-bond donors (Lipinski definition) is 1. The minimum Gasteiger partial charge on any atom is -0.493 e. The Balaban J connectivity index is 2.14. The summed E-state index contributed by atoms with van der Waals surface area (Å²) in [6.07, 6.45) is 6.15. The average Bonchev–Trinajstić information content (AvgIpc) is 2.93. The Labute approximate surface area is 234 Å². The number of thioether (sulfide) groups is 1. The van der Waals surface area contributed by atoms with E-state index in [1.165, 1.54) is 18.4 Å². The van der Waals surface area contributed by atoms with Gasteiger partial charge < -0.3 is 14.8 Å². The summed E-state index contributed by atoms with van der Waals surface area (Å²) in [6, 6.07) is 8.23. The van der Waals surface area contributed by atoms with Crippen LogP contribution >= 0.6 is 11.8 Å². The Kier molecular flexibility index (Phi) is 13.5. The van der Waals surface area contributed by atoms with Crippen molar-refractivity contribution < 1.29 is 9.47 Å². The first-order valence-corrected chi connectivity index (χ1v) is 14.6. The van der Waals surface area contributed by atoms with Crippen LogP contribution in [0.25, 0.3) is 0 Å². The molecule has 6 nitrogen and oxygen atoms in total. The highest BCUT2D eigenvalue weighted by atomic mass is 32.2. The fourth-order valence-corrected chi connectivity index (χ4v) is 5.15. The van der Waals surface area contributed by atoms with Gasteiger partial charge in [-0.25, -0.2) is 0 Å². The van der Waals surface area contributed by atoms with E-state index in [1.807, 2.05) is 32.0 Å². The van der Waals surface area contributed by atoms with Gasteiger partial charge in [0.15, 0.2) is 11.5 Å². The van der Waals surface area contributed by atoms with Gasteiger partial charge >= 0.3 is 0 Å². The first-order valence-electron chi connectivity index (χ1n) is 13.8. The fraction of sp³-hybridized carbons (Fsp3) is 0.548. The number of allylic oxidation sites excluding steroid dienone is 1. The van der Waals surface area contributed by atoms with Gasteiger partial charge in [-0.1, -0.05) is 45.9 Å². The maximum atomic E-state index is 9.46. The predicted molar refractivity (Wildman–Crippen MR) is 160 cm³/mol. The van der Waals surface area contributed by atoms with Crippen LogP contribution in [-0.4, -0.2) is 43.2 Å². The summed E-state index contributed by atoms with van der Waals surface area (Å²) in [5.74, 6) is 2.21. The SMILES string of the molecule is CCCN(CCOc1ccc(NC(Sc2c(C)ncc(C#N)c2C)=C(C)CC)cc1OC)CCC(C)CC. The third-order valence-electron chi connectivity index (χ3n) is 6.96. The molecular formula is C31H46N4O2S. The van der Waals surface area contributed by atoms with Crippen molar-refractivity contribution in [2.24, 2.45) is 5.92 Å². The highest BCUT2D eigenvalue weighted by Crippen LogP contribution is 2.37. The van der Waals surface area contributed by atoms with Gasteiger partial charge in [0, 0.05) is 29.4 Å². The highest BCUT2D eigenvalue weighted by Gasteiger charge is 2.15. The van der Waals surface area contributed by atoms with Crippen LogP contribution in [0.1, 0.15) is 77.1 Å². The zero-order valence-corrected chi connectivity index (χ0v) is 25.4. The van der Waals surface area contributed by atoms with E-state index >= 15 is 0 Å². The van der Waals surface area contributed by atoms with Crippen LogP contribution in [0.3, 0.4) is 0 Å². The number of anilines is 1. The Hall–Kier alpha value is -2.69. The number of pyridine rings is 1. The molecule has 0 aliphatic heterocycles. The van der Waals surface area contributed by atoms with E-state index in [-0.39, 0.29) is 0 Å². The summed E-state index contributed by atoms with van der Waals surface area (Å²) < 4.78 is 11.9. The van der Waals surface area contributed by atoms with E-state index in [9.17, 15) is 5.26 Å². The maximum absolute atomic E-state index is 9.46. The number of rotatable bonds is 16. The molecule has 0 bridgehead atoms. The normalized spacial score (nSPS) is 12.6. The number of methoxy groups -OCH3 is 1. The molecule has 0 fully saturated rings. The van der Waals surface area contributed by atoms with Crippen LogP contribution in [0, 0.1) is 31.1 Å². The van der Waals surface area contributed by atoms with E-state index in [0.29, 0.717) is 17.9 Å². The van der Waals surface area contributed by atoms with Crippen LogP contribution in [-0.2, 0) is 0 Å². The minimum absolute atomic E-state index is 0.604. The molecule has 0 saturated carbocycles. The largest absolute Gasteiger partial charge is 0.493 e. The Morgan fingerprint density at radius 2 is 1.92 bits per heavy atom. The van der Waals surface area contributed by atoms with Crippen LogP contribution in [0.2, 0.25) is 0 Å². The van der Waals surface area contributed by atoms with Crippen molar-refractivity contribution in [3.8, 4) is 17.6 Å². The molecule has 1 unspecified atom stereocenters. The lowest BCUT2D eigenvalue weighted by molar-refractivity contribution is 0.195. The molecule has 0 aliphatic carbocycles. The lowest BCUT2D eigenvalue weighted by atomic mass is 10.1. The molecule has 2 aromatic rings. The van der Waals surface area contributed by atoms with Crippen molar-refractivity contribution in [3.05, 3.63) is 51.8 Å². The molecule has 208 valence electrons. The molecule has 0 radical (unpaired) electrons. The lowest BCUT2D eigenvalue weighted by Crippen LogP contribution is -2.31. The maximum Gasteiger partial charge on any atom is 0.162 e. The molecule has 1 atom stereocenters. The van der Waals surface area contributed by atoms with Crippen LogP contribution in [0.5, 0.6) is 11.5 Å². The van der Waals surface area contributed by atoms with Crippen molar-refractivity contribution >= 4 is 17.4 Å². The molecule has 1 aromatic heterocycles. The molecule has 1 aromatic carbocycles. The van der Waals surface area contributed by atoms with Crippen molar-refractivity contribution in [1.82, 2.24) is 9.88 Å². The highest BCUT2D eigenvalue weighted by molar-refractivity contribution is 8.03. The first-order chi connectivity index (χ1) is 18.3. The average molecular weight is 539 g/mol. The third kappa shape index (κ3) is 9.25. The zero-order chi connectivity index (χ0) is 28.1. The van der Waals surface area contributed by atoms with Gasteiger partial charge in [-0.3, -0.25) is 9.88 Å².